The minimum Gasteiger partial charge on any atom is -0.497 e. The van der Waals surface area contributed by atoms with Gasteiger partial charge in [0.2, 0.25) is 0 Å². The number of carbonyl (C=O) groups is 1. The molecule has 0 fully saturated rings. The number of likely N-dealkylation sites (N-methyl/N-ethyl adjacent to an activating group) is 1. The van der Waals surface area contributed by atoms with Crippen LogP contribution in [0.5, 0.6) is 5.75 Å². The number of rotatable bonds is 6. The van der Waals surface area contributed by atoms with Crippen LogP contribution in [0, 0.1) is 5.92 Å². The second kappa shape index (κ2) is 6.40. The van der Waals surface area contributed by atoms with Gasteiger partial charge < -0.3 is 10.1 Å². The Kier molecular flexibility index (Phi) is 5.16. The Hall–Kier alpha value is -1.35. The summed E-state index contributed by atoms with van der Waals surface area (Å²) in [6.07, 6.45) is 0. The van der Waals surface area contributed by atoms with Gasteiger partial charge in [-0.25, -0.2) is 0 Å². The molecule has 3 nitrogen and oxygen atoms in total. The van der Waals surface area contributed by atoms with Gasteiger partial charge in [-0.1, -0.05) is 20.8 Å². The number of ketones is 1. The average Bonchev–Trinajstić information content (AvgIpc) is 2.35. The Labute approximate surface area is 103 Å². The SMILES string of the molecule is CCNC(C(=O)c1ccc(OC)cc1)C(C)C. The largest absolute Gasteiger partial charge is 0.497 e. The highest BCUT2D eigenvalue weighted by atomic mass is 16.5. The molecule has 17 heavy (non-hydrogen) atoms. The van der Waals surface area contributed by atoms with E-state index in [2.05, 4.69) is 19.2 Å². The van der Waals surface area contributed by atoms with E-state index in [4.69, 9.17) is 4.74 Å². The third kappa shape index (κ3) is 3.56. The number of Topliss-reactive ketones (excluding diaryl/α,β-unsaturated/α-hetero) is 1. The Balaban J connectivity index is 2.85. The fourth-order valence-corrected chi connectivity index (χ4v) is 1.79. The molecule has 0 radical (unpaired) electrons. The van der Waals surface area contributed by atoms with E-state index in [9.17, 15) is 4.79 Å². The van der Waals surface area contributed by atoms with Crippen LogP contribution in [0.4, 0.5) is 0 Å². The Morgan fingerprint density at radius 1 is 1.29 bits per heavy atom. The summed E-state index contributed by atoms with van der Waals surface area (Å²) < 4.78 is 5.08. The number of benzene rings is 1. The van der Waals surface area contributed by atoms with Crippen molar-refractivity contribution in [2.45, 2.75) is 26.8 Å². The normalized spacial score (nSPS) is 12.5. The summed E-state index contributed by atoms with van der Waals surface area (Å²) in [5, 5.41) is 3.23. The highest BCUT2D eigenvalue weighted by Gasteiger charge is 2.22. The van der Waals surface area contributed by atoms with Crippen LogP contribution in [-0.2, 0) is 0 Å². The zero-order chi connectivity index (χ0) is 12.8. The summed E-state index contributed by atoms with van der Waals surface area (Å²) in [5.74, 6) is 1.19. The van der Waals surface area contributed by atoms with Crippen molar-refractivity contribution in [1.82, 2.24) is 5.32 Å². The van der Waals surface area contributed by atoms with Gasteiger partial charge in [-0.15, -0.1) is 0 Å². The van der Waals surface area contributed by atoms with Gasteiger partial charge in [0.25, 0.3) is 0 Å². The van der Waals surface area contributed by atoms with Crippen LogP contribution in [-0.4, -0.2) is 25.5 Å². The molecule has 94 valence electrons. The van der Waals surface area contributed by atoms with E-state index in [1.165, 1.54) is 0 Å². The van der Waals surface area contributed by atoms with Crippen molar-refractivity contribution in [2.24, 2.45) is 5.92 Å². The van der Waals surface area contributed by atoms with Gasteiger partial charge in [-0.3, -0.25) is 4.79 Å². The van der Waals surface area contributed by atoms with E-state index in [0.29, 0.717) is 0 Å². The molecule has 3 heteroatoms. The summed E-state index contributed by atoms with van der Waals surface area (Å²) in [6.45, 7) is 6.91. The van der Waals surface area contributed by atoms with Crippen LogP contribution in [0.2, 0.25) is 0 Å². The van der Waals surface area contributed by atoms with Crippen LogP contribution < -0.4 is 10.1 Å². The van der Waals surface area contributed by atoms with E-state index in [1.807, 2.05) is 31.2 Å². The van der Waals surface area contributed by atoms with Gasteiger partial charge in [-0.05, 0) is 36.7 Å². The maximum atomic E-state index is 12.3. The Bertz CT molecular complexity index is 357. The molecular formula is C14H21NO2. The smallest absolute Gasteiger partial charge is 0.179 e. The van der Waals surface area contributed by atoms with Crippen LogP contribution >= 0.6 is 0 Å². The second-order valence-electron chi connectivity index (χ2n) is 4.37. The number of ether oxygens (including phenoxy) is 1. The molecular weight excluding hydrogens is 214 g/mol. The van der Waals surface area contributed by atoms with Crippen molar-refractivity contribution in [1.29, 1.82) is 0 Å². The summed E-state index contributed by atoms with van der Waals surface area (Å²) in [6, 6.07) is 7.14. The van der Waals surface area contributed by atoms with Crippen LogP contribution in [0.15, 0.2) is 24.3 Å². The molecule has 0 amide bonds. The first-order chi connectivity index (χ1) is 8.10. The van der Waals surface area contributed by atoms with E-state index >= 15 is 0 Å². The standard InChI is InChI=1S/C14H21NO2/c1-5-15-13(10(2)3)14(16)11-6-8-12(17-4)9-7-11/h6-10,13,15H,5H2,1-4H3. The highest BCUT2D eigenvalue weighted by molar-refractivity contribution is 6.00. The van der Waals surface area contributed by atoms with Gasteiger partial charge in [-0.2, -0.15) is 0 Å². The Morgan fingerprint density at radius 2 is 1.88 bits per heavy atom. The van der Waals surface area contributed by atoms with Gasteiger partial charge in [0.15, 0.2) is 5.78 Å². The lowest BCUT2D eigenvalue weighted by atomic mass is 9.95. The summed E-state index contributed by atoms with van der Waals surface area (Å²) in [7, 11) is 1.62. The molecule has 0 saturated carbocycles. The monoisotopic (exact) mass is 235 g/mol. The van der Waals surface area contributed by atoms with Gasteiger partial charge in [0.1, 0.15) is 5.75 Å². The fraction of sp³-hybridized carbons (Fsp3) is 0.500. The van der Waals surface area contributed by atoms with Crippen LogP contribution in [0.3, 0.4) is 0 Å². The first kappa shape index (κ1) is 13.7. The van der Waals surface area contributed by atoms with Gasteiger partial charge in [0, 0.05) is 5.56 Å². The molecule has 0 aromatic heterocycles. The molecule has 1 aromatic carbocycles. The first-order valence-corrected chi connectivity index (χ1v) is 6.01. The minimum atomic E-state index is -0.117. The predicted molar refractivity (Wildman–Crippen MR) is 69.6 cm³/mol. The third-order valence-electron chi connectivity index (χ3n) is 2.75. The van der Waals surface area contributed by atoms with Crippen molar-refractivity contribution < 1.29 is 9.53 Å². The quantitative estimate of drug-likeness (QED) is 0.770. The van der Waals surface area contributed by atoms with E-state index in [0.717, 1.165) is 17.9 Å². The molecule has 1 unspecified atom stereocenters. The lowest BCUT2D eigenvalue weighted by molar-refractivity contribution is 0.0918. The average molecular weight is 235 g/mol. The Morgan fingerprint density at radius 3 is 2.29 bits per heavy atom. The fourth-order valence-electron chi connectivity index (χ4n) is 1.79. The number of carbonyl (C=O) groups excluding carboxylic acids is 1. The zero-order valence-corrected chi connectivity index (χ0v) is 11.0. The lowest BCUT2D eigenvalue weighted by Gasteiger charge is -2.20. The lowest BCUT2D eigenvalue weighted by Crippen LogP contribution is -2.40. The third-order valence-corrected chi connectivity index (χ3v) is 2.75. The zero-order valence-electron chi connectivity index (χ0n) is 11.0. The van der Waals surface area contributed by atoms with Crippen molar-refractivity contribution >= 4 is 5.78 Å². The molecule has 1 rings (SSSR count). The van der Waals surface area contributed by atoms with E-state index in [-0.39, 0.29) is 17.7 Å². The molecule has 1 atom stereocenters. The van der Waals surface area contributed by atoms with Crippen molar-refractivity contribution in [3.05, 3.63) is 29.8 Å². The maximum absolute atomic E-state index is 12.3. The molecule has 1 aromatic rings. The molecule has 0 spiro atoms. The highest BCUT2D eigenvalue weighted by Crippen LogP contribution is 2.15. The number of nitrogens with one attached hydrogen (secondary N) is 1. The molecule has 0 heterocycles. The molecule has 0 bridgehead atoms. The van der Waals surface area contributed by atoms with Crippen molar-refractivity contribution in [3.8, 4) is 5.75 Å². The van der Waals surface area contributed by atoms with Crippen molar-refractivity contribution in [2.75, 3.05) is 13.7 Å². The summed E-state index contributed by atoms with van der Waals surface area (Å²) >= 11 is 0. The van der Waals surface area contributed by atoms with E-state index < -0.39 is 0 Å². The van der Waals surface area contributed by atoms with Gasteiger partial charge in [0.05, 0.1) is 13.2 Å². The number of methoxy groups -OCH3 is 1. The van der Waals surface area contributed by atoms with Gasteiger partial charge >= 0.3 is 0 Å². The first-order valence-electron chi connectivity index (χ1n) is 6.01. The second-order valence-corrected chi connectivity index (χ2v) is 4.37. The molecule has 0 aliphatic rings. The number of hydrogen-bond donors (Lipinski definition) is 1. The maximum Gasteiger partial charge on any atom is 0.179 e. The summed E-state index contributed by atoms with van der Waals surface area (Å²) in [5.41, 5.74) is 0.727. The minimum absolute atomic E-state index is 0.117. The molecule has 1 N–H and O–H groups in total. The summed E-state index contributed by atoms with van der Waals surface area (Å²) in [4.78, 5) is 12.3. The molecule has 0 saturated heterocycles. The molecule has 0 aliphatic heterocycles. The van der Waals surface area contributed by atoms with Crippen LogP contribution in [0.25, 0.3) is 0 Å². The van der Waals surface area contributed by atoms with E-state index in [1.54, 1.807) is 7.11 Å². The van der Waals surface area contributed by atoms with Crippen molar-refractivity contribution in [3.63, 3.8) is 0 Å². The number of hydrogen-bond acceptors (Lipinski definition) is 3. The van der Waals surface area contributed by atoms with Crippen LogP contribution in [0.1, 0.15) is 31.1 Å². The molecule has 0 aliphatic carbocycles. The predicted octanol–water partition coefficient (Wildman–Crippen LogP) is 2.51. The topological polar surface area (TPSA) is 38.3 Å².